The Hall–Kier alpha value is -2.25. The van der Waals surface area contributed by atoms with E-state index >= 15 is 0 Å². The Bertz CT molecular complexity index is 643. The Balaban J connectivity index is 1.79. The lowest BCUT2D eigenvalue weighted by Gasteiger charge is -2.03. The number of benzene rings is 1. The van der Waals surface area contributed by atoms with Crippen LogP contribution >= 0.6 is 11.3 Å². The van der Waals surface area contributed by atoms with Gasteiger partial charge < -0.3 is 10.1 Å². The molecule has 0 aliphatic heterocycles. The Morgan fingerprint density at radius 1 is 1.26 bits per heavy atom. The predicted octanol–water partition coefficient (Wildman–Crippen LogP) is 2.09. The Kier molecular flexibility index (Phi) is 6.71. The molecule has 2 N–H and O–H groups in total. The number of thiazole rings is 1. The van der Waals surface area contributed by atoms with Gasteiger partial charge in [0, 0.05) is 31.0 Å². The van der Waals surface area contributed by atoms with Crippen molar-refractivity contribution in [1.82, 2.24) is 10.3 Å². The molecule has 23 heavy (non-hydrogen) atoms. The summed E-state index contributed by atoms with van der Waals surface area (Å²) in [5.41, 5.74) is 1.38. The molecular weight excluding hydrogens is 314 g/mol. The van der Waals surface area contributed by atoms with Crippen LogP contribution in [0, 0.1) is 0 Å². The third-order valence-electron chi connectivity index (χ3n) is 3.04. The molecule has 122 valence electrons. The van der Waals surface area contributed by atoms with Gasteiger partial charge in [-0.15, -0.1) is 11.3 Å². The van der Waals surface area contributed by atoms with E-state index in [9.17, 15) is 9.59 Å². The number of amides is 2. The van der Waals surface area contributed by atoms with Crippen molar-refractivity contribution < 1.29 is 14.3 Å². The van der Waals surface area contributed by atoms with Crippen molar-refractivity contribution in [3.63, 3.8) is 0 Å². The molecular formula is C16H19N3O3S. The van der Waals surface area contributed by atoms with Crippen LogP contribution in [0.4, 0.5) is 5.13 Å². The highest BCUT2D eigenvalue weighted by Gasteiger charge is 2.09. The van der Waals surface area contributed by atoms with Gasteiger partial charge >= 0.3 is 0 Å². The molecule has 2 rings (SSSR count). The fraction of sp³-hybridized carbons (Fsp3) is 0.312. The lowest BCUT2D eigenvalue weighted by atomic mass is 10.2. The topological polar surface area (TPSA) is 80.3 Å². The van der Waals surface area contributed by atoms with Crippen LogP contribution < -0.4 is 10.6 Å². The number of nitrogens with zero attached hydrogens (tertiary/aromatic N) is 1. The summed E-state index contributed by atoms with van der Waals surface area (Å²) in [4.78, 5) is 27.9. The molecule has 0 aliphatic carbocycles. The third kappa shape index (κ3) is 5.80. The predicted molar refractivity (Wildman–Crippen MR) is 89.7 cm³/mol. The van der Waals surface area contributed by atoms with Crippen molar-refractivity contribution in [1.29, 1.82) is 0 Å². The zero-order valence-electron chi connectivity index (χ0n) is 12.9. The van der Waals surface area contributed by atoms with Gasteiger partial charge in [0.2, 0.25) is 5.91 Å². The van der Waals surface area contributed by atoms with Crippen LogP contribution in [0.1, 0.15) is 22.5 Å². The first kappa shape index (κ1) is 17.1. The van der Waals surface area contributed by atoms with E-state index in [2.05, 4.69) is 15.6 Å². The Morgan fingerprint density at radius 2 is 2.04 bits per heavy atom. The van der Waals surface area contributed by atoms with Crippen LogP contribution in [0.25, 0.3) is 0 Å². The maximum Gasteiger partial charge on any atom is 0.257 e. The monoisotopic (exact) mass is 333 g/mol. The normalized spacial score (nSPS) is 10.3. The number of aromatic nitrogens is 1. The van der Waals surface area contributed by atoms with Gasteiger partial charge in [-0.25, -0.2) is 4.98 Å². The molecule has 0 bridgehead atoms. The summed E-state index contributed by atoms with van der Waals surface area (Å²) in [5.74, 6) is -0.228. The second-order valence-corrected chi connectivity index (χ2v) is 5.67. The van der Waals surface area contributed by atoms with Gasteiger partial charge in [0.15, 0.2) is 5.13 Å². The molecule has 0 saturated carbocycles. The van der Waals surface area contributed by atoms with Crippen molar-refractivity contribution in [2.75, 3.05) is 25.6 Å². The largest absolute Gasteiger partial charge is 0.383 e. The van der Waals surface area contributed by atoms with Gasteiger partial charge in [-0.2, -0.15) is 0 Å². The van der Waals surface area contributed by atoms with Crippen molar-refractivity contribution in [3.05, 3.63) is 47.0 Å². The van der Waals surface area contributed by atoms with E-state index in [1.807, 2.05) is 23.6 Å². The van der Waals surface area contributed by atoms with E-state index in [1.54, 1.807) is 19.2 Å². The average Bonchev–Trinajstić information content (AvgIpc) is 3.01. The zero-order valence-corrected chi connectivity index (χ0v) is 13.7. The van der Waals surface area contributed by atoms with Gasteiger partial charge in [-0.1, -0.05) is 18.2 Å². The molecule has 2 aromatic rings. The Morgan fingerprint density at radius 3 is 2.78 bits per heavy atom. The lowest BCUT2D eigenvalue weighted by Crippen LogP contribution is -2.27. The smallest absolute Gasteiger partial charge is 0.257 e. The SMILES string of the molecule is COCCNC(=O)CCc1csc(NC(=O)c2ccccc2)n1. The lowest BCUT2D eigenvalue weighted by molar-refractivity contribution is -0.121. The summed E-state index contributed by atoms with van der Waals surface area (Å²) in [7, 11) is 1.59. The van der Waals surface area contributed by atoms with Crippen molar-refractivity contribution in [2.45, 2.75) is 12.8 Å². The number of hydrogen-bond acceptors (Lipinski definition) is 5. The van der Waals surface area contributed by atoms with Crippen LogP contribution in [0.3, 0.4) is 0 Å². The minimum Gasteiger partial charge on any atom is -0.383 e. The molecule has 0 unspecified atom stereocenters. The summed E-state index contributed by atoms with van der Waals surface area (Å²) in [5, 5.41) is 7.90. The molecule has 0 aliphatic rings. The molecule has 0 fully saturated rings. The van der Waals surface area contributed by atoms with Crippen LogP contribution in [0.15, 0.2) is 35.7 Å². The first-order chi connectivity index (χ1) is 11.2. The molecule has 6 nitrogen and oxygen atoms in total. The van der Waals surface area contributed by atoms with Gasteiger partial charge in [-0.3, -0.25) is 14.9 Å². The standard InChI is InChI=1S/C16H19N3O3S/c1-22-10-9-17-14(20)8-7-13-11-23-16(18-13)19-15(21)12-5-3-2-4-6-12/h2-6,11H,7-10H2,1H3,(H,17,20)(H,18,19,21). The molecule has 0 saturated heterocycles. The zero-order chi connectivity index (χ0) is 16.5. The van der Waals surface area contributed by atoms with E-state index in [0.29, 0.717) is 36.7 Å². The number of rotatable bonds is 8. The number of hydrogen-bond donors (Lipinski definition) is 2. The van der Waals surface area contributed by atoms with E-state index in [0.717, 1.165) is 5.69 Å². The van der Waals surface area contributed by atoms with E-state index in [4.69, 9.17) is 4.74 Å². The minimum absolute atomic E-state index is 0.0371. The maximum atomic E-state index is 12.0. The molecule has 1 aromatic heterocycles. The highest BCUT2D eigenvalue weighted by Crippen LogP contribution is 2.17. The second-order valence-electron chi connectivity index (χ2n) is 4.81. The number of ether oxygens (including phenoxy) is 1. The molecule has 1 aromatic carbocycles. The first-order valence-electron chi connectivity index (χ1n) is 7.25. The molecule has 0 spiro atoms. The number of aryl methyl sites for hydroxylation is 1. The van der Waals surface area contributed by atoms with Gasteiger partial charge in [0.05, 0.1) is 12.3 Å². The molecule has 1 heterocycles. The van der Waals surface area contributed by atoms with Crippen molar-refractivity contribution in [2.24, 2.45) is 0 Å². The summed E-state index contributed by atoms with van der Waals surface area (Å²) in [6, 6.07) is 8.97. The summed E-state index contributed by atoms with van der Waals surface area (Å²) < 4.78 is 4.87. The maximum absolute atomic E-state index is 12.0. The molecule has 0 atom stereocenters. The van der Waals surface area contributed by atoms with Crippen molar-refractivity contribution in [3.8, 4) is 0 Å². The minimum atomic E-state index is -0.191. The highest BCUT2D eigenvalue weighted by molar-refractivity contribution is 7.14. The number of carbonyl (C=O) groups is 2. The van der Waals surface area contributed by atoms with Crippen LogP contribution in [0.2, 0.25) is 0 Å². The highest BCUT2D eigenvalue weighted by atomic mass is 32.1. The average molecular weight is 333 g/mol. The van der Waals surface area contributed by atoms with Crippen molar-refractivity contribution >= 4 is 28.3 Å². The van der Waals surface area contributed by atoms with Gasteiger partial charge in [0.1, 0.15) is 0 Å². The number of anilines is 1. The van der Waals surface area contributed by atoms with E-state index in [-0.39, 0.29) is 11.8 Å². The quantitative estimate of drug-likeness (QED) is 0.725. The number of carbonyl (C=O) groups excluding carboxylic acids is 2. The first-order valence-corrected chi connectivity index (χ1v) is 8.13. The van der Waals surface area contributed by atoms with Gasteiger partial charge in [-0.05, 0) is 18.6 Å². The van der Waals surface area contributed by atoms with E-state index < -0.39 is 0 Å². The fourth-order valence-corrected chi connectivity index (χ4v) is 2.60. The van der Waals surface area contributed by atoms with Crippen LogP contribution in [-0.4, -0.2) is 37.1 Å². The molecule has 7 heteroatoms. The van der Waals surface area contributed by atoms with Gasteiger partial charge in [0.25, 0.3) is 5.91 Å². The van der Waals surface area contributed by atoms with E-state index in [1.165, 1.54) is 11.3 Å². The summed E-state index contributed by atoms with van der Waals surface area (Å²) >= 11 is 1.35. The molecule has 2 amide bonds. The molecule has 0 radical (unpaired) electrons. The second kappa shape index (κ2) is 9.02. The fourth-order valence-electron chi connectivity index (χ4n) is 1.86. The number of nitrogens with one attached hydrogen (secondary N) is 2. The van der Waals surface area contributed by atoms with Crippen LogP contribution in [0.5, 0.6) is 0 Å². The Labute approximate surface area is 138 Å². The summed E-state index contributed by atoms with van der Waals surface area (Å²) in [6.07, 6.45) is 0.899. The third-order valence-corrected chi connectivity index (χ3v) is 3.85. The number of methoxy groups -OCH3 is 1. The van der Waals surface area contributed by atoms with Crippen LogP contribution in [-0.2, 0) is 16.0 Å². The summed E-state index contributed by atoms with van der Waals surface area (Å²) in [6.45, 7) is 1.00.